The van der Waals surface area contributed by atoms with Crippen LogP contribution in [0.15, 0.2) is 54.7 Å². The van der Waals surface area contributed by atoms with Gasteiger partial charge in [-0.15, -0.1) is 5.10 Å². The molecule has 0 atom stereocenters. The number of halogens is 3. The Morgan fingerprint density at radius 1 is 0.926 bits per heavy atom. The van der Waals surface area contributed by atoms with E-state index < -0.39 is 11.6 Å². The average molecular weight is 368 g/mol. The third-order valence-electron chi connectivity index (χ3n) is 3.97. The SMILES string of the molecule is Nc1ncc(-c2ccc(F)cc2)cc1-c1nnnn1-c1cccc(F)c1F. The van der Waals surface area contributed by atoms with E-state index in [1.807, 2.05) is 0 Å². The molecular weight excluding hydrogens is 357 g/mol. The molecule has 0 spiro atoms. The summed E-state index contributed by atoms with van der Waals surface area (Å²) < 4.78 is 41.9. The van der Waals surface area contributed by atoms with Crippen molar-refractivity contribution in [3.05, 3.63) is 72.2 Å². The Morgan fingerprint density at radius 3 is 2.48 bits per heavy atom. The Bertz CT molecular complexity index is 1120. The molecular formula is C18H11F3N6. The molecule has 134 valence electrons. The van der Waals surface area contributed by atoms with Crippen molar-refractivity contribution in [2.45, 2.75) is 0 Å². The smallest absolute Gasteiger partial charge is 0.190 e. The zero-order valence-corrected chi connectivity index (χ0v) is 13.6. The summed E-state index contributed by atoms with van der Waals surface area (Å²) in [5.74, 6) is -2.29. The predicted molar refractivity (Wildman–Crippen MR) is 92.1 cm³/mol. The number of nitrogens with two attached hydrogens (primary N) is 1. The molecule has 0 radical (unpaired) electrons. The minimum atomic E-state index is -1.09. The fraction of sp³-hybridized carbons (Fsp3) is 0. The zero-order chi connectivity index (χ0) is 19.0. The first-order valence-electron chi connectivity index (χ1n) is 7.79. The van der Waals surface area contributed by atoms with Gasteiger partial charge in [0.15, 0.2) is 17.5 Å². The van der Waals surface area contributed by atoms with Crippen LogP contribution in [0, 0.1) is 17.5 Å². The van der Waals surface area contributed by atoms with Gasteiger partial charge in [0.2, 0.25) is 0 Å². The zero-order valence-electron chi connectivity index (χ0n) is 13.6. The van der Waals surface area contributed by atoms with Gasteiger partial charge in [0.1, 0.15) is 17.3 Å². The molecule has 0 saturated heterocycles. The first kappa shape index (κ1) is 16.7. The molecule has 0 unspecified atom stereocenters. The highest BCUT2D eigenvalue weighted by Crippen LogP contribution is 2.30. The summed E-state index contributed by atoms with van der Waals surface area (Å²) in [5.41, 5.74) is 7.44. The van der Waals surface area contributed by atoms with E-state index in [0.717, 1.165) is 10.7 Å². The van der Waals surface area contributed by atoms with Crippen LogP contribution < -0.4 is 5.73 Å². The molecule has 2 heterocycles. The quantitative estimate of drug-likeness (QED) is 0.599. The van der Waals surface area contributed by atoms with E-state index in [0.29, 0.717) is 16.7 Å². The monoisotopic (exact) mass is 368 g/mol. The molecule has 0 amide bonds. The molecule has 4 aromatic rings. The third kappa shape index (κ3) is 2.99. The van der Waals surface area contributed by atoms with Crippen molar-refractivity contribution in [3.63, 3.8) is 0 Å². The molecule has 0 bridgehead atoms. The van der Waals surface area contributed by atoms with Gasteiger partial charge >= 0.3 is 0 Å². The maximum Gasteiger partial charge on any atom is 0.190 e. The topological polar surface area (TPSA) is 82.5 Å². The minimum absolute atomic E-state index is 0.0912. The molecule has 0 aliphatic carbocycles. The van der Waals surface area contributed by atoms with Gasteiger partial charge < -0.3 is 5.73 Å². The van der Waals surface area contributed by atoms with Crippen molar-refractivity contribution in [2.75, 3.05) is 5.73 Å². The van der Waals surface area contributed by atoms with Crippen LogP contribution in [-0.4, -0.2) is 25.2 Å². The predicted octanol–water partition coefficient (Wildman–Crippen LogP) is 3.39. The van der Waals surface area contributed by atoms with Gasteiger partial charge in [-0.3, -0.25) is 0 Å². The van der Waals surface area contributed by atoms with Gasteiger partial charge in [0.05, 0.1) is 5.56 Å². The standard InChI is InChI=1S/C18H11F3N6/c19-12-6-4-10(5-7-12)11-8-13(17(22)23-9-11)18-24-25-26-27(18)15-3-1-2-14(20)16(15)21/h1-9H,(H2,22,23). The van der Waals surface area contributed by atoms with Gasteiger partial charge in [-0.1, -0.05) is 18.2 Å². The van der Waals surface area contributed by atoms with Gasteiger partial charge in [-0.05, 0) is 46.3 Å². The lowest BCUT2D eigenvalue weighted by molar-refractivity contribution is 0.501. The molecule has 0 aliphatic rings. The van der Waals surface area contributed by atoms with Crippen LogP contribution in [0.4, 0.5) is 19.0 Å². The maximum atomic E-state index is 14.2. The van der Waals surface area contributed by atoms with E-state index in [-0.39, 0.29) is 23.1 Å². The Labute approximate surface area is 151 Å². The van der Waals surface area contributed by atoms with Gasteiger partial charge in [0, 0.05) is 11.8 Å². The van der Waals surface area contributed by atoms with E-state index in [4.69, 9.17) is 5.73 Å². The van der Waals surface area contributed by atoms with Crippen molar-refractivity contribution in [1.29, 1.82) is 0 Å². The Morgan fingerprint density at radius 2 is 1.70 bits per heavy atom. The lowest BCUT2D eigenvalue weighted by atomic mass is 10.1. The van der Waals surface area contributed by atoms with Crippen LogP contribution >= 0.6 is 0 Å². The lowest BCUT2D eigenvalue weighted by Crippen LogP contribution is -2.06. The fourth-order valence-electron chi connectivity index (χ4n) is 2.63. The van der Waals surface area contributed by atoms with Crippen LogP contribution in [0.3, 0.4) is 0 Å². The number of benzene rings is 2. The largest absolute Gasteiger partial charge is 0.383 e. The molecule has 6 nitrogen and oxygen atoms in total. The number of hydrogen-bond donors (Lipinski definition) is 1. The summed E-state index contributed by atoms with van der Waals surface area (Å²) in [6.45, 7) is 0. The first-order chi connectivity index (χ1) is 13.0. The van der Waals surface area contributed by atoms with E-state index >= 15 is 0 Å². The van der Waals surface area contributed by atoms with Crippen LogP contribution in [0.1, 0.15) is 0 Å². The first-order valence-corrected chi connectivity index (χ1v) is 7.79. The van der Waals surface area contributed by atoms with Crippen LogP contribution in [0.2, 0.25) is 0 Å². The molecule has 2 aromatic heterocycles. The van der Waals surface area contributed by atoms with E-state index in [9.17, 15) is 13.2 Å². The Balaban J connectivity index is 1.86. The van der Waals surface area contributed by atoms with E-state index in [1.165, 1.54) is 30.5 Å². The maximum absolute atomic E-state index is 14.2. The summed E-state index contributed by atoms with van der Waals surface area (Å²) in [6, 6.07) is 11.1. The minimum Gasteiger partial charge on any atom is -0.383 e. The third-order valence-corrected chi connectivity index (χ3v) is 3.97. The number of aromatic nitrogens is 5. The van der Waals surface area contributed by atoms with Crippen molar-refractivity contribution < 1.29 is 13.2 Å². The molecule has 2 aromatic carbocycles. The summed E-state index contributed by atoms with van der Waals surface area (Å²) in [4.78, 5) is 4.12. The number of tetrazole rings is 1. The number of nitrogen functional groups attached to an aromatic ring is 1. The van der Waals surface area contributed by atoms with Gasteiger partial charge in [0.25, 0.3) is 0 Å². The number of pyridine rings is 1. The summed E-state index contributed by atoms with van der Waals surface area (Å²) in [6.07, 6.45) is 1.52. The number of rotatable bonds is 3. The van der Waals surface area contributed by atoms with E-state index in [2.05, 4.69) is 20.5 Å². The number of anilines is 1. The summed E-state index contributed by atoms with van der Waals surface area (Å²) in [7, 11) is 0. The second-order valence-electron chi connectivity index (χ2n) is 5.65. The van der Waals surface area contributed by atoms with Gasteiger partial charge in [-0.25, -0.2) is 18.2 Å². The molecule has 2 N–H and O–H groups in total. The highest BCUT2D eigenvalue weighted by atomic mass is 19.2. The van der Waals surface area contributed by atoms with Crippen molar-refractivity contribution >= 4 is 5.82 Å². The number of nitrogens with zero attached hydrogens (tertiary/aromatic N) is 5. The van der Waals surface area contributed by atoms with E-state index in [1.54, 1.807) is 18.2 Å². The second kappa shape index (κ2) is 6.52. The van der Waals surface area contributed by atoms with Gasteiger partial charge in [-0.2, -0.15) is 4.68 Å². The normalized spacial score (nSPS) is 10.9. The van der Waals surface area contributed by atoms with Crippen molar-refractivity contribution in [1.82, 2.24) is 25.2 Å². The lowest BCUT2D eigenvalue weighted by Gasteiger charge is -2.09. The summed E-state index contributed by atoms with van der Waals surface area (Å²) in [5, 5.41) is 11.2. The Hall–Kier alpha value is -3.75. The fourth-order valence-corrected chi connectivity index (χ4v) is 2.63. The molecule has 0 fully saturated rings. The molecule has 0 saturated carbocycles. The van der Waals surface area contributed by atoms with Crippen LogP contribution in [-0.2, 0) is 0 Å². The highest BCUT2D eigenvalue weighted by Gasteiger charge is 2.19. The van der Waals surface area contributed by atoms with Crippen LogP contribution in [0.25, 0.3) is 28.2 Å². The van der Waals surface area contributed by atoms with Crippen molar-refractivity contribution in [3.8, 4) is 28.2 Å². The Kier molecular flexibility index (Phi) is 4.03. The van der Waals surface area contributed by atoms with Crippen molar-refractivity contribution in [2.24, 2.45) is 0 Å². The van der Waals surface area contributed by atoms with Crippen LogP contribution in [0.5, 0.6) is 0 Å². The molecule has 27 heavy (non-hydrogen) atoms. The molecule has 9 heteroatoms. The molecule has 4 rings (SSSR count). The summed E-state index contributed by atoms with van der Waals surface area (Å²) >= 11 is 0. The highest BCUT2D eigenvalue weighted by molar-refractivity contribution is 5.76. The second-order valence-corrected chi connectivity index (χ2v) is 5.65. The molecule has 0 aliphatic heterocycles. The average Bonchev–Trinajstić information content (AvgIpc) is 3.14. The number of hydrogen-bond acceptors (Lipinski definition) is 5.